The summed E-state index contributed by atoms with van der Waals surface area (Å²) in [7, 11) is 0. The molecule has 0 saturated heterocycles. The molecule has 2 amide bonds. The van der Waals surface area contributed by atoms with Crippen LogP contribution in [-0.2, 0) is 21.7 Å². The number of halogens is 1. The van der Waals surface area contributed by atoms with Crippen LogP contribution in [0.2, 0.25) is 5.02 Å². The monoisotopic (exact) mass is 510 g/mol. The van der Waals surface area contributed by atoms with Gasteiger partial charge in [-0.15, -0.1) is 0 Å². The predicted molar refractivity (Wildman–Crippen MR) is 144 cm³/mol. The zero-order chi connectivity index (χ0) is 25.3. The van der Waals surface area contributed by atoms with Gasteiger partial charge in [0.25, 0.3) is 0 Å². The Hall–Kier alpha value is -2.96. The van der Waals surface area contributed by atoms with E-state index in [0.29, 0.717) is 17.2 Å². The third-order valence-corrected chi connectivity index (χ3v) is 6.10. The molecule has 0 aliphatic rings. The van der Waals surface area contributed by atoms with E-state index in [-0.39, 0.29) is 12.3 Å². The third-order valence-electron chi connectivity index (χ3n) is 5.01. The zero-order valence-electron chi connectivity index (χ0n) is 20.2. The highest BCUT2D eigenvalue weighted by molar-refractivity contribution is 7.97. The number of hydrogen-bond donors (Lipinski definition) is 2. The number of benzene rings is 3. The average molecular weight is 511 g/mol. The summed E-state index contributed by atoms with van der Waals surface area (Å²) in [6.45, 7) is 5.43. The molecule has 1 atom stereocenters. The van der Waals surface area contributed by atoms with Crippen LogP contribution < -0.4 is 10.0 Å². The molecule has 0 spiro atoms. The van der Waals surface area contributed by atoms with Gasteiger partial charge in [0.1, 0.15) is 5.60 Å². The maximum atomic E-state index is 12.6. The van der Waals surface area contributed by atoms with E-state index in [0.717, 1.165) is 22.3 Å². The van der Waals surface area contributed by atoms with Crippen LogP contribution in [-0.4, -0.2) is 23.6 Å². The fourth-order valence-corrected chi connectivity index (χ4v) is 4.34. The molecule has 0 aromatic heterocycles. The van der Waals surface area contributed by atoms with Gasteiger partial charge in [0.05, 0.1) is 0 Å². The van der Waals surface area contributed by atoms with E-state index in [2.05, 4.69) is 10.0 Å². The molecule has 0 saturated carbocycles. The van der Waals surface area contributed by atoms with Crippen LogP contribution >= 0.6 is 23.5 Å². The Labute approximate surface area is 216 Å². The molecule has 0 radical (unpaired) electrons. The topological polar surface area (TPSA) is 67.4 Å². The zero-order valence-corrected chi connectivity index (χ0v) is 21.8. The number of alkyl carbamates (subject to hydrolysis) is 1. The number of rotatable bonds is 9. The average Bonchev–Trinajstić information content (AvgIpc) is 2.79. The summed E-state index contributed by atoms with van der Waals surface area (Å²) in [5, 5.41) is 3.55. The van der Waals surface area contributed by atoms with Crippen LogP contribution in [0.1, 0.15) is 38.3 Å². The van der Waals surface area contributed by atoms with Gasteiger partial charge in [-0.05, 0) is 73.5 Å². The molecule has 0 fully saturated rings. The summed E-state index contributed by atoms with van der Waals surface area (Å²) >= 11 is 7.45. The fraction of sp³-hybridized carbons (Fsp3) is 0.286. The second-order valence-corrected chi connectivity index (χ2v) is 10.5. The number of hydrogen-bond acceptors (Lipinski definition) is 4. The summed E-state index contributed by atoms with van der Waals surface area (Å²) in [4.78, 5) is 25.1. The first-order valence-corrected chi connectivity index (χ1v) is 12.8. The fourth-order valence-electron chi connectivity index (χ4n) is 3.47. The van der Waals surface area contributed by atoms with Gasteiger partial charge in [-0.1, -0.05) is 78.3 Å². The largest absolute Gasteiger partial charge is 0.444 e. The number of amides is 2. The molecule has 35 heavy (non-hydrogen) atoms. The van der Waals surface area contributed by atoms with Crippen molar-refractivity contribution in [2.75, 3.05) is 0 Å². The molecule has 2 N–H and O–H groups in total. The van der Waals surface area contributed by atoms with Crippen LogP contribution in [0.25, 0.3) is 11.1 Å². The van der Waals surface area contributed by atoms with Gasteiger partial charge < -0.3 is 10.1 Å². The summed E-state index contributed by atoms with van der Waals surface area (Å²) in [6.07, 6.45) is 0.0888. The SMILES string of the molecule is CC(C)(C)OC(=O)NC(CC(=O)NSCc1ccccc1)Cc1ccc(-c2cccc(Cl)c2)cc1. The van der Waals surface area contributed by atoms with Crippen molar-refractivity contribution in [1.82, 2.24) is 10.0 Å². The predicted octanol–water partition coefficient (Wildman–Crippen LogP) is 6.80. The van der Waals surface area contributed by atoms with Crippen LogP contribution in [0.5, 0.6) is 0 Å². The lowest BCUT2D eigenvalue weighted by Gasteiger charge is -2.23. The second-order valence-electron chi connectivity index (χ2n) is 9.26. The van der Waals surface area contributed by atoms with Gasteiger partial charge in [0, 0.05) is 23.2 Å². The summed E-state index contributed by atoms with van der Waals surface area (Å²) in [5.74, 6) is 0.518. The summed E-state index contributed by atoms with van der Waals surface area (Å²) in [6, 6.07) is 25.2. The van der Waals surface area contributed by atoms with Gasteiger partial charge in [-0.3, -0.25) is 9.52 Å². The van der Waals surface area contributed by atoms with E-state index in [1.54, 1.807) is 0 Å². The maximum Gasteiger partial charge on any atom is 0.407 e. The Bertz CT molecular complexity index is 1120. The van der Waals surface area contributed by atoms with Crippen LogP contribution in [0.4, 0.5) is 4.79 Å². The van der Waals surface area contributed by atoms with Gasteiger partial charge in [0.15, 0.2) is 0 Å². The van der Waals surface area contributed by atoms with Crippen molar-refractivity contribution in [2.45, 2.75) is 51.0 Å². The van der Waals surface area contributed by atoms with Crippen LogP contribution in [0.15, 0.2) is 78.9 Å². The van der Waals surface area contributed by atoms with Crippen molar-refractivity contribution < 1.29 is 14.3 Å². The minimum Gasteiger partial charge on any atom is -0.444 e. The maximum absolute atomic E-state index is 12.6. The van der Waals surface area contributed by atoms with E-state index >= 15 is 0 Å². The van der Waals surface area contributed by atoms with Crippen molar-refractivity contribution in [2.24, 2.45) is 0 Å². The van der Waals surface area contributed by atoms with Gasteiger partial charge in [0.2, 0.25) is 5.91 Å². The van der Waals surface area contributed by atoms with Crippen molar-refractivity contribution >= 4 is 35.5 Å². The molecule has 5 nitrogen and oxygen atoms in total. The van der Waals surface area contributed by atoms with Gasteiger partial charge >= 0.3 is 6.09 Å². The lowest BCUT2D eigenvalue weighted by molar-refractivity contribution is -0.119. The highest BCUT2D eigenvalue weighted by Crippen LogP contribution is 2.23. The van der Waals surface area contributed by atoms with E-state index in [9.17, 15) is 9.59 Å². The second kappa shape index (κ2) is 12.7. The summed E-state index contributed by atoms with van der Waals surface area (Å²) in [5.41, 5.74) is 3.58. The molecule has 0 heterocycles. The quantitative estimate of drug-likeness (QED) is 0.311. The summed E-state index contributed by atoms with van der Waals surface area (Å²) < 4.78 is 8.29. The number of carbonyl (C=O) groups is 2. The van der Waals surface area contributed by atoms with E-state index in [1.807, 2.05) is 99.6 Å². The minimum atomic E-state index is -0.624. The van der Waals surface area contributed by atoms with Gasteiger partial charge in [-0.2, -0.15) is 0 Å². The molecule has 1 unspecified atom stereocenters. The van der Waals surface area contributed by atoms with Crippen molar-refractivity contribution in [3.8, 4) is 11.1 Å². The van der Waals surface area contributed by atoms with Crippen molar-refractivity contribution in [3.63, 3.8) is 0 Å². The number of carbonyl (C=O) groups excluding carboxylic acids is 2. The minimum absolute atomic E-state index is 0.136. The van der Waals surface area contributed by atoms with Crippen LogP contribution in [0, 0.1) is 0 Å². The van der Waals surface area contributed by atoms with E-state index in [4.69, 9.17) is 16.3 Å². The third kappa shape index (κ3) is 9.67. The molecule has 3 aromatic carbocycles. The Morgan fingerprint density at radius 1 is 0.914 bits per heavy atom. The molecule has 0 aliphatic heterocycles. The Morgan fingerprint density at radius 3 is 2.29 bits per heavy atom. The molecule has 0 aliphatic carbocycles. The lowest BCUT2D eigenvalue weighted by Crippen LogP contribution is -2.42. The van der Waals surface area contributed by atoms with E-state index < -0.39 is 17.7 Å². The first-order valence-electron chi connectivity index (χ1n) is 11.5. The number of nitrogens with one attached hydrogen (secondary N) is 2. The first-order chi connectivity index (χ1) is 16.7. The molecular weight excluding hydrogens is 480 g/mol. The Balaban J connectivity index is 1.63. The Morgan fingerprint density at radius 2 is 1.63 bits per heavy atom. The first kappa shape index (κ1) is 26.6. The Kier molecular flexibility index (Phi) is 9.64. The van der Waals surface area contributed by atoms with E-state index in [1.165, 1.54) is 11.9 Å². The van der Waals surface area contributed by atoms with Crippen molar-refractivity contribution in [3.05, 3.63) is 95.0 Å². The van der Waals surface area contributed by atoms with Gasteiger partial charge in [-0.25, -0.2) is 4.79 Å². The molecule has 7 heteroatoms. The standard InChI is InChI=1S/C28H31ClN2O3S/c1-28(2,3)34-27(33)30-25(18-26(32)31-35-19-21-8-5-4-6-9-21)16-20-12-14-22(15-13-20)23-10-7-11-24(29)17-23/h4-15,17,25H,16,18-19H2,1-3H3,(H,30,33)(H,31,32). The lowest BCUT2D eigenvalue weighted by atomic mass is 9.99. The smallest absolute Gasteiger partial charge is 0.407 e. The highest BCUT2D eigenvalue weighted by Gasteiger charge is 2.22. The molecule has 3 rings (SSSR count). The van der Waals surface area contributed by atoms with Crippen LogP contribution in [0.3, 0.4) is 0 Å². The highest BCUT2D eigenvalue weighted by atomic mass is 35.5. The molecular formula is C28H31ClN2O3S. The molecule has 3 aromatic rings. The van der Waals surface area contributed by atoms with Crippen molar-refractivity contribution in [1.29, 1.82) is 0 Å². The number of ether oxygens (including phenoxy) is 1. The molecule has 184 valence electrons. The normalized spacial score (nSPS) is 12.0. The molecule has 0 bridgehead atoms.